The molecule has 2 aromatic rings. The Kier molecular flexibility index (Phi) is 5.57. The van der Waals surface area contributed by atoms with Crippen LogP contribution in [0.15, 0.2) is 30.0 Å². The Labute approximate surface area is 118 Å². The molecule has 0 saturated heterocycles. The molecule has 2 aromatic heterocycles. The van der Waals surface area contributed by atoms with Gasteiger partial charge in [-0.2, -0.15) is 0 Å². The number of nitrogens with one attached hydrogen (secondary N) is 1. The Morgan fingerprint density at radius 2 is 2.42 bits per heavy atom. The molecule has 0 fully saturated rings. The summed E-state index contributed by atoms with van der Waals surface area (Å²) in [4.78, 5) is 5.68. The molecule has 5 heteroatoms. The fourth-order valence-corrected chi connectivity index (χ4v) is 2.90. The Morgan fingerprint density at radius 3 is 3.16 bits per heavy atom. The number of nitrogens with zero attached hydrogens (tertiary/aromatic N) is 2. The first-order valence-electron chi connectivity index (χ1n) is 6.54. The molecule has 0 aliphatic carbocycles. The second-order valence-electron chi connectivity index (χ2n) is 4.59. The van der Waals surface area contributed by atoms with Crippen molar-refractivity contribution in [1.29, 1.82) is 0 Å². The molecular weight excluding hydrogens is 258 g/mol. The predicted molar refractivity (Wildman–Crippen MR) is 78.5 cm³/mol. The van der Waals surface area contributed by atoms with Crippen molar-refractivity contribution in [3.05, 3.63) is 40.6 Å². The second-order valence-corrected chi connectivity index (χ2v) is 5.63. The number of imidazole rings is 1. The van der Waals surface area contributed by atoms with Gasteiger partial charge in [-0.05, 0) is 18.4 Å². The average molecular weight is 279 g/mol. The molecule has 0 bridgehead atoms. The number of rotatable bonds is 8. The van der Waals surface area contributed by atoms with E-state index < -0.39 is 0 Å². The van der Waals surface area contributed by atoms with Crippen LogP contribution in [-0.4, -0.2) is 29.8 Å². The van der Waals surface area contributed by atoms with Crippen molar-refractivity contribution >= 4 is 11.3 Å². The van der Waals surface area contributed by atoms with Crippen LogP contribution in [0.3, 0.4) is 0 Å². The van der Waals surface area contributed by atoms with Crippen LogP contribution in [0.2, 0.25) is 0 Å². The van der Waals surface area contributed by atoms with Gasteiger partial charge in [-0.1, -0.05) is 6.07 Å². The quantitative estimate of drug-likeness (QED) is 0.755. The van der Waals surface area contributed by atoms with Gasteiger partial charge in [0.1, 0.15) is 0 Å². The lowest BCUT2D eigenvalue weighted by molar-refractivity contribution is 0.199. The predicted octanol–water partition coefficient (Wildman–Crippen LogP) is 2.48. The number of methoxy groups -OCH3 is 1. The highest BCUT2D eigenvalue weighted by Gasteiger charge is 2.10. The lowest BCUT2D eigenvalue weighted by Gasteiger charge is -2.16. The maximum absolute atomic E-state index is 5.03. The summed E-state index contributed by atoms with van der Waals surface area (Å²) >= 11 is 1.81. The average Bonchev–Trinajstić information content (AvgIpc) is 3.05. The lowest BCUT2D eigenvalue weighted by Crippen LogP contribution is -2.21. The number of hydrogen-bond acceptors (Lipinski definition) is 4. The third-order valence-corrected chi connectivity index (χ3v) is 3.99. The monoisotopic (exact) mass is 279 g/mol. The molecule has 1 N–H and O–H groups in total. The summed E-state index contributed by atoms with van der Waals surface area (Å²) in [6.07, 6.45) is 4.91. The van der Waals surface area contributed by atoms with E-state index in [0.29, 0.717) is 6.04 Å². The molecular formula is C14H21N3OS. The Bertz CT molecular complexity index is 467. The fraction of sp³-hybridized carbons (Fsp3) is 0.500. The molecule has 2 heterocycles. The van der Waals surface area contributed by atoms with Crippen LogP contribution in [0, 0.1) is 0 Å². The van der Waals surface area contributed by atoms with Crippen molar-refractivity contribution in [2.45, 2.75) is 25.9 Å². The number of thiophene rings is 1. The van der Waals surface area contributed by atoms with Gasteiger partial charge in [0.2, 0.25) is 0 Å². The maximum Gasteiger partial charge on any atom is 0.0951 e. The van der Waals surface area contributed by atoms with Gasteiger partial charge in [-0.25, -0.2) is 4.98 Å². The van der Waals surface area contributed by atoms with Crippen LogP contribution in [0.25, 0.3) is 0 Å². The van der Waals surface area contributed by atoms with E-state index in [-0.39, 0.29) is 0 Å². The molecule has 104 valence electrons. The maximum atomic E-state index is 5.03. The molecule has 2 rings (SSSR count). The van der Waals surface area contributed by atoms with Crippen molar-refractivity contribution in [2.24, 2.45) is 0 Å². The third-order valence-electron chi connectivity index (χ3n) is 3.09. The van der Waals surface area contributed by atoms with Gasteiger partial charge in [0.15, 0.2) is 0 Å². The summed E-state index contributed by atoms with van der Waals surface area (Å²) < 4.78 is 7.28. The molecule has 0 saturated carbocycles. The molecule has 0 aromatic carbocycles. The number of hydrogen-bond donors (Lipinski definition) is 1. The highest BCUT2D eigenvalue weighted by molar-refractivity contribution is 7.09. The molecule has 4 nitrogen and oxygen atoms in total. The van der Waals surface area contributed by atoms with Gasteiger partial charge in [0.05, 0.1) is 18.6 Å². The zero-order valence-electron chi connectivity index (χ0n) is 11.5. The summed E-state index contributed by atoms with van der Waals surface area (Å²) in [7, 11) is 1.72. The summed E-state index contributed by atoms with van der Waals surface area (Å²) in [5, 5.41) is 5.49. The van der Waals surface area contributed by atoms with Gasteiger partial charge < -0.3 is 14.6 Å². The molecule has 0 aliphatic rings. The van der Waals surface area contributed by atoms with E-state index >= 15 is 0 Å². The largest absolute Gasteiger partial charge is 0.383 e. The van der Waals surface area contributed by atoms with E-state index in [2.05, 4.69) is 39.3 Å². The van der Waals surface area contributed by atoms with Crippen molar-refractivity contribution in [3.8, 4) is 0 Å². The number of aromatic nitrogens is 2. The van der Waals surface area contributed by atoms with Crippen molar-refractivity contribution in [1.82, 2.24) is 14.9 Å². The van der Waals surface area contributed by atoms with E-state index in [1.165, 1.54) is 10.6 Å². The van der Waals surface area contributed by atoms with Crippen LogP contribution in [-0.2, 0) is 17.7 Å². The van der Waals surface area contributed by atoms with E-state index in [1.54, 1.807) is 7.11 Å². The van der Waals surface area contributed by atoms with Crippen molar-refractivity contribution in [2.75, 3.05) is 20.3 Å². The molecule has 19 heavy (non-hydrogen) atoms. The lowest BCUT2D eigenvalue weighted by atomic mass is 10.2. The standard InChI is InChI=1S/C14H21N3OS/c1-12(8-14-4-3-7-19-14)17-11-16-10-13(17)9-15-5-6-18-2/h3-4,7,10-12,15H,5-6,8-9H2,1-2H3. The SMILES string of the molecule is COCCNCc1cncn1C(C)Cc1cccs1. The summed E-state index contributed by atoms with van der Waals surface area (Å²) in [5.41, 5.74) is 1.22. The van der Waals surface area contributed by atoms with E-state index in [9.17, 15) is 0 Å². The molecule has 1 unspecified atom stereocenters. The van der Waals surface area contributed by atoms with Crippen LogP contribution in [0.1, 0.15) is 23.5 Å². The first kappa shape index (κ1) is 14.2. The Morgan fingerprint density at radius 1 is 1.53 bits per heavy atom. The van der Waals surface area contributed by atoms with Crippen molar-refractivity contribution in [3.63, 3.8) is 0 Å². The van der Waals surface area contributed by atoms with Crippen LogP contribution >= 0.6 is 11.3 Å². The molecule has 0 aliphatic heterocycles. The van der Waals surface area contributed by atoms with Crippen LogP contribution in [0.4, 0.5) is 0 Å². The second kappa shape index (κ2) is 7.43. The molecule has 0 radical (unpaired) electrons. The van der Waals surface area contributed by atoms with Gasteiger partial charge in [-0.3, -0.25) is 0 Å². The van der Waals surface area contributed by atoms with E-state index in [0.717, 1.165) is 26.1 Å². The Hall–Kier alpha value is -1.17. The summed E-state index contributed by atoms with van der Waals surface area (Å²) in [6, 6.07) is 4.73. The Balaban J connectivity index is 1.90. The zero-order valence-corrected chi connectivity index (χ0v) is 12.3. The summed E-state index contributed by atoms with van der Waals surface area (Å²) in [6.45, 7) is 4.66. The first-order chi connectivity index (χ1) is 9.31. The van der Waals surface area contributed by atoms with Gasteiger partial charge in [0.25, 0.3) is 0 Å². The van der Waals surface area contributed by atoms with Crippen LogP contribution < -0.4 is 5.32 Å². The minimum atomic E-state index is 0.431. The molecule has 1 atom stereocenters. The van der Waals surface area contributed by atoms with Crippen molar-refractivity contribution < 1.29 is 4.74 Å². The van der Waals surface area contributed by atoms with Gasteiger partial charge >= 0.3 is 0 Å². The highest BCUT2D eigenvalue weighted by Crippen LogP contribution is 2.19. The molecule has 0 spiro atoms. The third kappa shape index (κ3) is 4.16. The topological polar surface area (TPSA) is 39.1 Å². The summed E-state index contributed by atoms with van der Waals surface area (Å²) in [5.74, 6) is 0. The minimum absolute atomic E-state index is 0.431. The fourth-order valence-electron chi connectivity index (χ4n) is 2.07. The van der Waals surface area contributed by atoms with Gasteiger partial charge in [-0.15, -0.1) is 11.3 Å². The normalized spacial score (nSPS) is 12.7. The van der Waals surface area contributed by atoms with E-state index in [1.807, 2.05) is 23.9 Å². The smallest absolute Gasteiger partial charge is 0.0951 e. The number of ether oxygens (including phenoxy) is 1. The van der Waals surface area contributed by atoms with E-state index in [4.69, 9.17) is 4.74 Å². The highest BCUT2D eigenvalue weighted by atomic mass is 32.1. The zero-order chi connectivity index (χ0) is 13.5. The van der Waals surface area contributed by atoms with Gasteiger partial charge in [0, 0.05) is 43.7 Å². The molecule has 0 amide bonds. The van der Waals surface area contributed by atoms with Crippen LogP contribution in [0.5, 0.6) is 0 Å². The minimum Gasteiger partial charge on any atom is -0.383 e. The first-order valence-corrected chi connectivity index (χ1v) is 7.42.